The number of phenols is 1. The summed E-state index contributed by atoms with van der Waals surface area (Å²) in [7, 11) is 0. The van der Waals surface area contributed by atoms with Crippen LogP contribution in [0.4, 0.5) is 0 Å². The van der Waals surface area contributed by atoms with Crippen LogP contribution in [0.1, 0.15) is 31.7 Å². The van der Waals surface area contributed by atoms with Gasteiger partial charge in [-0.05, 0) is 53.8 Å². The number of benzene rings is 1. The molecule has 0 spiro atoms. The van der Waals surface area contributed by atoms with E-state index in [2.05, 4.69) is 12.7 Å². The lowest BCUT2D eigenvalue weighted by molar-refractivity contribution is 0.300. The van der Waals surface area contributed by atoms with Crippen molar-refractivity contribution in [2.24, 2.45) is 0 Å². The minimum Gasteiger partial charge on any atom is -0.508 e. The highest BCUT2D eigenvalue weighted by molar-refractivity contribution is 5.74. The molecule has 0 saturated carbocycles. The summed E-state index contributed by atoms with van der Waals surface area (Å²) in [6.45, 7) is 2.27. The molecule has 1 aliphatic carbocycles. The highest BCUT2D eigenvalue weighted by Gasteiger charge is 2.12. The minimum absolute atomic E-state index is 0.125. The molecule has 2 rings (SSSR count). The highest BCUT2D eigenvalue weighted by Crippen LogP contribution is 2.32. The third-order valence-corrected chi connectivity index (χ3v) is 3.36. The van der Waals surface area contributed by atoms with Crippen molar-refractivity contribution in [3.8, 4) is 5.75 Å². The van der Waals surface area contributed by atoms with E-state index in [1.54, 1.807) is 12.1 Å². The van der Waals surface area contributed by atoms with Gasteiger partial charge < -0.3 is 10.2 Å². The van der Waals surface area contributed by atoms with Gasteiger partial charge in [0.25, 0.3) is 0 Å². The molecule has 0 amide bonds. The van der Waals surface area contributed by atoms with Crippen molar-refractivity contribution in [2.45, 2.75) is 26.2 Å². The van der Waals surface area contributed by atoms with Gasteiger partial charge in [0.2, 0.25) is 0 Å². The smallest absolute Gasteiger partial charge is 0.115 e. The molecule has 0 saturated heterocycles. The largest absolute Gasteiger partial charge is 0.508 e. The monoisotopic (exact) mass is 268 g/mol. The Morgan fingerprint density at radius 3 is 2.40 bits per heavy atom. The SMILES string of the molecule is CCC/C(=C(\CCO)C1=C=CC=C1)c1ccc(O)cc1. The summed E-state index contributed by atoms with van der Waals surface area (Å²) in [5, 5.41) is 18.8. The van der Waals surface area contributed by atoms with Gasteiger partial charge in [-0.2, -0.15) is 0 Å². The van der Waals surface area contributed by atoms with Crippen LogP contribution in [-0.2, 0) is 0 Å². The third kappa shape index (κ3) is 3.30. The van der Waals surface area contributed by atoms with Gasteiger partial charge in [0.15, 0.2) is 0 Å². The van der Waals surface area contributed by atoms with Crippen LogP contribution < -0.4 is 0 Å². The first-order chi connectivity index (χ1) is 9.76. The number of phenolic OH excluding ortho intramolecular Hbond substituents is 1. The normalized spacial score (nSPS) is 14.4. The van der Waals surface area contributed by atoms with Gasteiger partial charge in [0.1, 0.15) is 5.75 Å². The van der Waals surface area contributed by atoms with E-state index in [-0.39, 0.29) is 12.4 Å². The Morgan fingerprint density at radius 2 is 1.85 bits per heavy atom. The molecule has 20 heavy (non-hydrogen) atoms. The molecular weight excluding hydrogens is 248 g/mol. The Hall–Kier alpha value is -2.02. The number of aliphatic hydroxyl groups excluding tert-OH is 1. The molecular formula is C18H20O2. The van der Waals surface area contributed by atoms with Crippen molar-refractivity contribution in [2.75, 3.05) is 6.61 Å². The van der Waals surface area contributed by atoms with E-state index in [0.29, 0.717) is 6.42 Å². The van der Waals surface area contributed by atoms with Crippen molar-refractivity contribution >= 4 is 5.57 Å². The van der Waals surface area contributed by atoms with E-state index in [1.165, 1.54) is 5.57 Å². The van der Waals surface area contributed by atoms with E-state index in [0.717, 1.165) is 29.6 Å². The molecule has 104 valence electrons. The van der Waals surface area contributed by atoms with Gasteiger partial charge >= 0.3 is 0 Å². The lowest BCUT2D eigenvalue weighted by Crippen LogP contribution is -1.97. The van der Waals surface area contributed by atoms with Crippen molar-refractivity contribution in [3.05, 3.63) is 64.9 Å². The van der Waals surface area contributed by atoms with Crippen LogP contribution >= 0.6 is 0 Å². The summed E-state index contributed by atoms with van der Waals surface area (Å²) >= 11 is 0. The molecule has 1 aromatic carbocycles. The van der Waals surface area contributed by atoms with Crippen molar-refractivity contribution in [1.29, 1.82) is 0 Å². The molecule has 2 nitrogen and oxygen atoms in total. The first-order valence-corrected chi connectivity index (χ1v) is 7.02. The van der Waals surface area contributed by atoms with Crippen LogP contribution in [0, 0.1) is 0 Å². The molecule has 0 bridgehead atoms. The highest BCUT2D eigenvalue weighted by atomic mass is 16.3. The van der Waals surface area contributed by atoms with E-state index in [1.807, 2.05) is 30.4 Å². The summed E-state index contributed by atoms with van der Waals surface area (Å²) in [6, 6.07) is 7.27. The van der Waals surface area contributed by atoms with Crippen LogP contribution in [0.15, 0.2) is 59.4 Å². The Kier molecular flexibility index (Phi) is 5.00. The van der Waals surface area contributed by atoms with Crippen LogP contribution in [0.2, 0.25) is 0 Å². The van der Waals surface area contributed by atoms with Gasteiger partial charge in [-0.15, -0.1) is 5.73 Å². The molecule has 0 fully saturated rings. The predicted octanol–water partition coefficient (Wildman–Crippen LogP) is 3.98. The van der Waals surface area contributed by atoms with Gasteiger partial charge in [-0.3, -0.25) is 0 Å². The quantitative estimate of drug-likeness (QED) is 0.766. The number of hydrogen-bond donors (Lipinski definition) is 2. The second-order valence-electron chi connectivity index (χ2n) is 4.81. The zero-order valence-corrected chi connectivity index (χ0v) is 11.8. The maximum absolute atomic E-state index is 9.43. The maximum atomic E-state index is 9.43. The van der Waals surface area contributed by atoms with Crippen LogP contribution in [0.5, 0.6) is 5.75 Å². The van der Waals surface area contributed by atoms with Gasteiger partial charge in [0.05, 0.1) is 0 Å². The fourth-order valence-electron chi connectivity index (χ4n) is 2.46. The first-order valence-electron chi connectivity index (χ1n) is 7.02. The van der Waals surface area contributed by atoms with E-state index in [9.17, 15) is 10.2 Å². The Morgan fingerprint density at radius 1 is 1.10 bits per heavy atom. The second-order valence-corrected chi connectivity index (χ2v) is 4.81. The topological polar surface area (TPSA) is 40.5 Å². The number of allylic oxidation sites excluding steroid dienone is 4. The summed E-state index contributed by atoms with van der Waals surface area (Å²) in [5.74, 6) is 0.271. The summed E-state index contributed by atoms with van der Waals surface area (Å²) in [5.41, 5.74) is 7.74. The van der Waals surface area contributed by atoms with E-state index < -0.39 is 0 Å². The van der Waals surface area contributed by atoms with Gasteiger partial charge in [-0.1, -0.05) is 31.6 Å². The second kappa shape index (κ2) is 6.95. The van der Waals surface area contributed by atoms with E-state index in [4.69, 9.17) is 0 Å². The molecule has 0 heterocycles. The minimum atomic E-state index is 0.125. The van der Waals surface area contributed by atoms with E-state index >= 15 is 0 Å². The summed E-state index contributed by atoms with van der Waals surface area (Å²) in [6.07, 6.45) is 8.49. The fourth-order valence-corrected chi connectivity index (χ4v) is 2.46. The average molecular weight is 268 g/mol. The predicted molar refractivity (Wildman–Crippen MR) is 82.4 cm³/mol. The zero-order valence-electron chi connectivity index (χ0n) is 11.8. The first kappa shape index (κ1) is 14.4. The van der Waals surface area contributed by atoms with Crippen molar-refractivity contribution in [1.82, 2.24) is 0 Å². The molecule has 0 unspecified atom stereocenters. The van der Waals surface area contributed by atoms with Crippen LogP contribution in [-0.4, -0.2) is 16.8 Å². The lowest BCUT2D eigenvalue weighted by atomic mass is 9.90. The zero-order chi connectivity index (χ0) is 14.4. The molecule has 0 aliphatic heterocycles. The Labute approximate surface area is 120 Å². The van der Waals surface area contributed by atoms with Crippen molar-refractivity contribution < 1.29 is 10.2 Å². The lowest BCUT2D eigenvalue weighted by Gasteiger charge is -2.15. The number of aliphatic hydroxyl groups is 1. The van der Waals surface area contributed by atoms with Crippen molar-refractivity contribution in [3.63, 3.8) is 0 Å². The molecule has 0 atom stereocenters. The summed E-state index contributed by atoms with van der Waals surface area (Å²) < 4.78 is 0. The molecule has 1 aliphatic rings. The third-order valence-electron chi connectivity index (χ3n) is 3.36. The maximum Gasteiger partial charge on any atom is 0.115 e. The van der Waals surface area contributed by atoms with Crippen LogP contribution in [0.3, 0.4) is 0 Å². The van der Waals surface area contributed by atoms with Crippen LogP contribution in [0.25, 0.3) is 5.57 Å². The average Bonchev–Trinajstić information content (AvgIpc) is 2.98. The molecule has 1 aromatic rings. The Balaban J connectivity index is 2.51. The standard InChI is InChI=1S/C18H20O2/c1-2-5-17(15-8-10-16(20)11-9-15)18(12-13-19)14-6-3-4-7-14/h3-4,6,8-11,19-20H,2,5,12-13H2,1H3/b18-17-. The fraction of sp³-hybridized carbons (Fsp3) is 0.278. The molecule has 2 N–H and O–H groups in total. The van der Waals surface area contributed by atoms with Gasteiger partial charge in [0, 0.05) is 12.2 Å². The molecule has 0 radical (unpaired) electrons. The number of hydrogen-bond acceptors (Lipinski definition) is 2. The Bertz CT molecular complexity index is 582. The van der Waals surface area contributed by atoms with Gasteiger partial charge in [-0.25, -0.2) is 0 Å². The molecule has 2 heteroatoms. The number of aromatic hydroxyl groups is 1. The summed E-state index contributed by atoms with van der Waals surface area (Å²) in [4.78, 5) is 0. The molecule has 0 aromatic heterocycles. The number of rotatable bonds is 6.